The van der Waals surface area contributed by atoms with Crippen LogP contribution < -0.4 is 21.5 Å². The lowest BCUT2D eigenvalue weighted by molar-refractivity contribution is -0.167. The maximum atomic E-state index is 15.9. The molecule has 2 aromatic carbocycles. The van der Waals surface area contributed by atoms with Crippen molar-refractivity contribution in [1.29, 1.82) is 0 Å². The molecule has 18 heteroatoms. The van der Waals surface area contributed by atoms with Gasteiger partial charge in [-0.1, -0.05) is 12.1 Å². The van der Waals surface area contributed by atoms with E-state index in [1.54, 1.807) is 18.2 Å². The zero-order valence-corrected chi connectivity index (χ0v) is 31.8. The SMILES string of the molecule is Cc1cc(N2CCOC[C@@H]2C(F)(F)F)cc(F)c1C(=O)NC(Cc1ccc(-n2c(=O)c3ccncc3n(C)c2=O)c2ncccc12)C(=O)OCCCN1CCOCC1. The number of aryl methyl sites for hydroxylation is 2. The zero-order valence-electron chi connectivity index (χ0n) is 31.8. The van der Waals surface area contributed by atoms with Crippen LogP contribution in [0.5, 0.6) is 0 Å². The topological polar surface area (TPSA) is 150 Å². The number of ether oxygens (including phenoxy) is 3. The van der Waals surface area contributed by atoms with Crippen LogP contribution in [0.4, 0.5) is 23.2 Å². The van der Waals surface area contributed by atoms with Gasteiger partial charge >= 0.3 is 17.8 Å². The second-order valence-electron chi connectivity index (χ2n) is 14.2. The van der Waals surface area contributed by atoms with Crippen molar-refractivity contribution in [3.05, 3.63) is 104 Å². The van der Waals surface area contributed by atoms with E-state index in [1.807, 2.05) is 0 Å². The molecule has 0 saturated carbocycles. The normalized spacial score (nSPS) is 17.1. The minimum Gasteiger partial charge on any atom is -0.464 e. The van der Waals surface area contributed by atoms with E-state index in [1.165, 1.54) is 55.3 Å². The summed E-state index contributed by atoms with van der Waals surface area (Å²) in [5, 5.41) is 3.33. The van der Waals surface area contributed by atoms with Gasteiger partial charge in [-0.2, -0.15) is 13.2 Å². The predicted octanol–water partition coefficient (Wildman–Crippen LogP) is 3.45. The molecule has 2 aliphatic rings. The largest absolute Gasteiger partial charge is 0.464 e. The first-order chi connectivity index (χ1) is 27.8. The van der Waals surface area contributed by atoms with Crippen molar-refractivity contribution in [2.75, 3.05) is 64.1 Å². The van der Waals surface area contributed by atoms with Crippen molar-refractivity contribution >= 4 is 39.4 Å². The fourth-order valence-corrected chi connectivity index (χ4v) is 7.48. The van der Waals surface area contributed by atoms with E-state index < -0.39 is 59.4 Å². The van der Waals surface area contributed by atoms with Gasteiger partial charge in [-0.15, -0.1) is 0 Å². The molecule has 5 aromatic rings. The van der Waals surface area contributed by atoms with Crippen molar-refractivity contribution in [3.8, 4) is 5.69 Å². The van der Waals surface area contributed by atoms with Crippen LogP contribution in [-0.2, 0) is 32.5 Å². The molecule has 3 aromatic heterocycles. The molecular formula is C40H41F4N7O7. The van der Waals surface area contributed by atoms with Crippen LogP contribution in [0.15, 0.2) is 70.6 Å². The Morgan fingerprint density at radius 1 is 1.02 bits per heavy atom. The fraction of sp³-hybridized carbons (Fsp3) is 0.400. The van der Waals surface area contributed by atoms with Gasteiger partial charge in [0.2, 0.25) is 0 Å². The standard InChI is InChI=1S/C40H41F4N7O7/c1-24-19-26(50-14-18-57-23-33(50)40(42,43)44)21-29(41)34(24)36(52)47-30(38(54)58-15-4-11-49-12-16-56-17-13-49)20-25-6-7-31(35-27(25)5-3-9-46-35)51-37(53)28-8-10-45-22-32(28)48(2)39(51)55/h3,5-10,19,21-22,30,33H,4,11-18,20,23H2,1-2H3,(H,47,52)/t30?,33-/m1/s1. The van der Waals surface area contributed by atoms with Crippen molar-refractivity contribution in [2.24, 2.45) is 7.05 Å². The molecule has 1 amide bonds. The highest BCUT2D eigenvalue weighted by Gasteiger charge is 2.45. The quantitative estimate of drug-likeness (QED) is 0.119. The maximum absolute atomic E-state index is 15.9. The number of alkyl halides is 3. The van der Waals surface area contributed by atoms with E-state index in [0.29, 0.717) is 42.6 Å². The number of benzene rings is 2. The van der Waals surface area contributed by atoms with Gasteiger partial charge in [-0.25, -0.2) is 18.5 Å². The molecule has 58 heavy (non-hydrogen) atoms. The van der Waals surface area contributed by atoms with Gasteiger partial charge in [0.1, 0.15) is 17.9 Å². The summed E-state index contributed by atoms with van der Waals surface area (Å²) in [4.78, 5) is 66.6. The third-order valence-electron chi connectivity index (χ3n) is 10.5. The highest BCUT2D eigenvalue weighted by atomic mass is 19.4. The van der Waals surface area contributed by atoms with Crippen LogP contribution in [0.3, 0.4) is 0 Å². The molecule has 0 spiro atoms. The first-order valence-corrected chi connectivity index (χ1v) is 18.7. The molecule has 0 aliphatic carbocycles. The number of morpholine rings is 2. The minimum atomic E-state index is -4.65. The number of hydrogen-bond donors (Lipinski definition) is 1. The molecule has 2 atom stereocenters. The number of rotatable bonds is 11. The molecule has 2 saturated heterocycles. The molecule has 0 bridgehead atoms. The summed E-state index contributed by atoms with van der Waals surface area (Å²) >= 11 is 0. The molecule has 2 aliphatic heterocycles. The number of nitrogens with zero attached hydrogens (tertiary/aromatic N) is 6. The van der Waals surface area contributed by atoms with Crippen LogP contribution in [0, 0.1) is 12.7 Å². The summed E-state index contributed by atoms with van der Waals surface area (Å²) in [6, 6.07) is 6.76. The number of fused-ring (bicyclic) bond motifs is 2. The van der Waals surface area contributed by atoms with E-state index >= 15 is 4.39 Å². The summed E-state index contributed by atoms with van der Waals surface area (Å²) < 4.78 is 75.8. The summed E-state index contributed by atoms with van der Waals surface area (Å²) in [6.07, 6.45) is 0.0338. The molecular weight excluding hydrogens is 766 g/mol. The summed E-state index contributed by atoms with van der Waals surface area (Å²) in [5.41, 5.74) is -0.421. The smallest absolute Gasteiger partial charge is 0.411 e. The molecule has 5 heterocycles. The van der Waals surface area contributed by atoms with Crippen molar-refractivity contribution in [2.45, 2.75) is 38.0 Å². The molecule has 14 nitrogen and oxygen atoms in total. The summed E-state index contributed by atoms with van der Waals surface area (Å²) in [6.45, 7) is 3.99. The van der Waals surface area contributed by atoms with Gasteiger partial charge in [-0.3, -0.25) is 29.0 Å². The molecule has 306 valence electrons. The van der Waals surface area contributed by atoms with E-state index in [2.05, 4.69) is 20.2 Å². The summed E-state index contributed by atoms with van der Waals surface area (Å²) in [5.74, 6) is -2.86. The second-order valence-corrected chi connectivity index (χ2v) is 14.2. The molecule has 1 N–H and O–H groups in total. The molecule has 2 fully saturated rings. The third kappa shape index (κ3) is 8.30. The van der Waals surface area contributed by atoms with Gasteiger partial charge in [-0.05, 0) is 54.8 Å². The lowest BCUT2D eigenvalue weighted by atomic mass is 9.99. The second kappa shape index (κ2) is 17.0. The Bertz CT molecular complexity index is 2440. The highest BCUT2D eigenvalue weighted by molar-refractivity contribution is 5.99. The van der Waals surface area contributed by atoms with E-state index in [-0.39, 0.29) is 54.0 Å². The summed E-state index contributed by atoms with van der Waals surface area (Å²) in [7, 11) is 1.52. The molecule has 0 radical (unpaired) electrons. The minimum absolute atomic E-state index is 0.00424. The fourth-order valence-electron chi connectivity index (χ4n) is 7.48. The molecule has 7 rings (SSSR count). The number of anilines is 1. The van der Waals surface area contributed by atoms with E-state index in [4.69, 9.17) is 14.2 Å². The third-order valence-corrected chi connectivity index (χ3v) is 10.5. The number of pyridine rings is 2. The van der Waals surface area contributed by atoms with Gasteiger partial charge in [0.25, 0.3) is 11.5 Å². The number of aromatic nitrogens is 4. The van der Waals surface area contributed by atoms with Gasteiger partial charge < -0.3 is 24.4 Å². The average molecular weight is 808 g/mol. The Hall–Kier alpha value is -5.72. The number of amides is 1. The van der Waals surface area contributed by atoms with Crippen LogP contribution in [0.1, 0.15) is 27.9 Å². The van der Waals surface area contributed by atoms with Gasteiger partial charge in [0.15, 0.2) is 0 Å². The first kappa shape index (κ1) is 40.5. The Morgan fingerprint density at radius 2 is 1.79 bits per heavy atom. The van der Waals surface area contributed by atoms with Crippen LogP contribution >= 0.6 is 0 Å². The van der Waals surface area contributed by atoms with Crippen LogP contribution in [-0.4, -0.2) is 113 Å². The van der Waals surface area contributed by atoms with E-state index in [0.717, 1.165) is 28.6 Å². The van der Waals surface area contributed by atoms with E-state index in [9.17, 15) is 32.3 Å². The molecule has 1 unspecified atom stereocenters. The monoisotopic (exact) mass is 807 g/mol. The lowest BCUT2D eigenvalue weighted by Crippen LogP contribution is -2.53. The highest BCUT2D eigenvalue weighted by Crippen LogP contribution is 2.33. The predicted molar refractivity (Wildman–Crippen MR) is 205 cm³/mol. The average Bonchev–Trinajstić information content (AvgIpc) is 3.21. The van der Waals surface area contributed by atoms with Crippen LogP contribution in [0.25, 0.3) is 27.5 Å². The van der Waals surface area contributed by atoms with Crippen LogP contribution in [0.2, 0.25) is 0 Å². The lowest BCUT2D eigenvalue weighted by Gasteiger charge is -2.38. The number of carbonyl (C=O) groups is 2. The van der Waals surface area contributed by atoms with Crippen molar-refractivity contribution < 1.29 is 41.4 Å². The van der Waals surface area contributed by atoms with Crippen molar-refractivity contribution in [3.63, 3.8) is 0 Å². The number of halogens is 4. The maximum Gasteiger partial charge on any atom is 0.411 e. The Morgan fingerprint density at radius 3 is 2.55 bits per heavy atom. The first-order valence-electron chi connectivity index (χ1n) is 18.7. The van der Waals surface area contributed by atoms with Gasteiger partial charge in [0.05, 0.1) is 66.9 Å². The Kier molecular flexibility index (Phi) is 11.9. The number of nitrogens with one attached hydrogen (secondary N) is 1. The number of carbonyl (C=O) groups excluding carboxylic acids is 2. The number of hydrogen-bond acceptors (Lipinski definition) is 11. The zero-order chi connectivity index (χ0) is 41.1. The number of esters is 1. The Balaban J connectivity index is 1.20. The van der Waals surface area contributed by atoms with Crippen molar-refractivity contribution in [1.82, 2.24) is 29.3 Å². The van der Waals surface area contributed by atoms with Gasteiger partial charge in [0, 0.05) is 63.1 Å². The Labute approximate surface area is 328 Å².